The number of ether oxygens (including phenoxy) is 2. The van der Waals surface area contributed by atoms with Gasteiger partial charge in [0, 0.05) is 26.3 Å². The number of hydrogen-bond acceptors (Lipinski definition) is 3. The first kappa shape index (κ1) is 22.4. The molecule has 8 heteroatoms. The van der Waals surface area contributed by atoms with Gasteiger partial charge in [0.05, 0.1) is 13.2 Å². The van der Waals surface area contributed by atoms with Gasteiger partial charge in [0.25, 0.3) is 0 Å². The van der Waals surface area contributed by atoms with Gasteiger partial charge in [-0.1, -0.05) is 0 Å². The summed E-state index contributed by atoms with van der Waals surface area (Å²) >= 11 is 0. The molecule has 0 spiro atoms. The molecule has 0 aromatic carbocycles. The van der Waals surface area contributed by atoms with Crippen molar-refractivity contribution in [2.24, 2.45) is 0 Å². The smallest absolute Gasteiger partial charge is 0.445 e. The topological polar surface area (TPSA) is 21.7 Å². The summed E-state index contributed by atoms with van der Waals surface area (Å²) in [4.78, 5) is 1.66. The van der Waals surface area contributed by atoms with E-state index in [4.69, 9.17) is 9.47 Å². The van der Waals surface area contributed by atoms with Crippen molar-refractivity contribution in [1.82, 2.24) is 4.90 Å². The van der Waals surface area contributed by atoms with Crippen molar-refractivity contribution in [3.63, 3.8) is 0 Å². The van der Waals surface area contributed by atoms with Crippen LogP contribution in [0.25, 0.3) is 0 Å². The van der Waals surface area contributed by atoms with Crippen LogP contribution in [0, 0.1) is 0 Å². The first-order valence-electron chi connectivity index (χ1n) is 6.17. The molecule has 0 radical (unpaired) electrons. The summed E-state index contributed by atoms with van der Waals surface area (Å²) in [6, 6.07) is 0. The van der Waals surface area contributed by atoms with Crippen molar-refractivity contribution in [3.8, 4) is 0 Å². The Morgan fingerprint density at radius 3 is 1.79 bits per heavy atom. The Balaban J connectivity index is 0. The molecule has 0 bridgehead atoms. The third-order valence-electron chi connectivity index (χ3n) is 2.40. The van der Waals surface area contributed by atoms with Gasteiger partial charge in [-0.05, 0) is 20.4 Å². The molecule has 19 heavy (non-hydrogen) atoms. The van der Waals surface area contributed by atoms with Gasteiger partial charge in [-0.15, -0.1) is 12.1 Å². The second kappa shape index (κ2) is 12.8. The molecule has 0 fully saturated rings. The standard InChI is InChI=1S/C11H22BF3NO2.K/c1-4-17-8-6-16(7-9-18-5-2)10-11(3)12(13,14)15;/h3-10H2,1-2H3;/q-1;+1. The van der Waals surface area contributed by atoms with Crippen LogP contribution in [0.4, 0.5) is 12.9 Å². The normalized spacial score (nSPS) is 11.5. The zero-order valence-electron chi connectivity index (χ0n) is 12.1. The van der Waals surface area contributed by atoms with E-state index in [0.29, 0.717) is 39.5 Å². The van der Waals surface area contributed by atoms with Crippen LogP contribution in [0.3, 0.4) is 0 Å². The van der Waals surface area contributed by atoms with Crippen molar-refractivity contribution in [2.75, 3.05) is 46.1 Å². The fourth-order valence-electron chi connectivity index (χ4n) is 1.34. The fourth-order valence-corrected chi connectivity index (χ4v) is 1.34. The number of halogens is 3. The molecule has 0 amide bonds. The first-order chi connectivity index (χ1) is 8.41. The molecule has 3 nitrogen and oxygen atoms in total. The Kier molecular flexibility index (Phi) is 15.1. The quantitative estimate of drug-likeness (QED) is 0.372. The van der Waals surface area contributed by atoms with E-state index in [9.17, 15) is 12.9 Å². The maximum Gasteiger partial charge on any atom is 1.00 e. The molecule has 0 atom stereocenters. The van der Waals surface area contributed by atoms with Crippen LogP contribution in [0.2, 0.25) is 0 Å². The van der Waals surface area contributed by atoms with Crippen LogP contribution >= 0.6 is 0 Å². The van der Waals surface area contributed by atoms with Crippen molar-refractivity contribution < 1.29 is 73.8 Å². The minimum Gasteiger partial charge on any atom is -0.445 e. The van der Waals surface area contributed by atoms with Gasteiger partial charge in [0.2, 0.25) is 0 Å². The molecule has 0 saturated heterocycles. The molecule has 0 heterocycles. The summed E-state index contributed by atoms with van der Waals surface area (Å²) in [5.74, 6) is 0. The third-order valence-corrected chi connectivity index (χ3v) is 2.40. The number of nitrogens with zero attached hydrogens (tertiary/aromatic N) is 1. The van der Waals surface area contributed by atoms with Crippen molar-refractivity contribution >= 4 is 6.98 Å². The van der Waals surface area contributed by atoms with Crippen molar-refractivity contribution in [1.29, 1.82) is 0 Å². The zero-order valence-corrected chi connectivity index (χ0v) is 15.3. The molecule has 0 aromatic rings. The van der Waals surface area contributed by atoms with E-state index in [1.54, 1.807) is 4.90 Å². The van der Waals surface area contributed by atoms with Gasteiger partial charge in [-0.3, -0.25) is 4.90 Å². The Hall–Kier alpha value is 1.11. The van der Waals surface area contributed by atoms with Gasteiger partial charge in [-0.2, -0.15) is 0 Å². The molecule has 0 aromatic heterocycles. The Morgan fingerprint density at radius 1 is 1.05 bits per heavy atom. The molecule has 0 unspecified atom stereocenters. The molecular weight excluding hydrogens is 285 g/mol. The summed E-state index contributed by atoms with van der Waals surface area (Å²) in [6.07, 6.45) is 0. The van der Waals surface area contributed by atoms with Crippen LogP contribution in [-0.2, 0) is 9.47 Å². The molecule has 0 saturated carbocycles. The minimum absolute atomic E-state index is 0. The van der Waals surface area contributed by atoms with E-state index >= 15 is 0 Å². The Bertz CT molecular complexity index is 232. The van der Waals surface area contributed by atoms with Crippen LogP contribution in [-0.4, -0.2) is 57.9 Å². The predicted molar refractivity (Wildman–Crippen MR) is 67.6 cm³/mol. The zero-order chi connectivity index (χ0) is 14.0. The van der Waals surface area contributed by atoms with Gasteiger partial charge >= 0.3 is 58.4 Å². The summed E-state index contributed by atoms with van der Waals surface area (Å²) in [5, 5.41) is 0. The number of rotatable bonds is 11. The summed E-state index contributed by atoms with van der Waals surface area (Å²) < 4.78 is 47.7. The molecule has 0 aliphatic rings. The third kappa shape index (κ3) is 12.6. The molecule has 108 valence electrons. The maximum absolute atomic E-state index is 12.5. The molecular formula is C11H22BF3KNO2. The van der Waals surface area contributed by atoms with Gasteiger partial charge in [0.15, 0.2) is 0 Å². The van der Waals surface area contributed by atoms with E-state index < -0.39 is 12.4 Å². The van der Waals surface area contributed by atoms with Gasteiger partial charge in [0.1, 0.15) is 0 Å². The molecule has 0 rings (SSSR count). The Morgan fingerprint density at radius 2 is 1.47 bits per heavy atom. The second-order valence-corrected chi connectivity index (χ2v) is 3.90. The first-order valence-corrected chi connectivity index (χ1v) is 6.17. The van der Waals surface area contributed by atoms with Crippen LogP contribution in [0.15, 0.2) is 12.1 Å². The van der Waals surface area contributed by atoms with Crippen LogP contribution < -0.4 is 51.4 Å². The van der Waals surface area contributed by atoms with E-state index in [-0.39, 0.29) is 57.9 Å². The molecule has 0 aliphatic heterocycles. The largest absolute Gasteiger partial charge is 1.00 e. The Labute approximate surface area is 156 Å². The van der Waals surface area contributed by atoms with E-state index in [1.807, 2.05) is 13.8 Å². The predicted octanol–water partition coefficient (Wildman–Crippen LogP) is -0.692. The van der Waals surface area contributed by atoms with Crippen LogP contribution in [0.1, 0.15) is 13.8 Å². The molecule has 0 N–H and O–H groups in total. The monoisotopic (exact) mass is 307 g/mol. The van der Waals surface area contributed by atoms with E-state index in [0.717, 1.165) is 0 Å². The van der Waals surface area contributed by atoms with E-state index in [1.165, 1.54) is 0 Å². The average molecular weight is 307 g/mol. The molecule has 0 aliphatic carbocycles. The van der Waals surface area contributed by atoms with E-state index in [2.05, 4.69) is 6.58 Å². The SMILES string of the molecule is C=C(CN(CCOCC)CCOCC)[B-](F)(F)F.[K+]. The van der Waals surface area contributed by atoms with Gasteiger partial charge in [-0.25, -0.2) is 0 Å². The average Bonchev–Trinajstić information content (AvgIpc) is 2.28. The number of hydrogen-bond donors (Lipinski definition) is 0. The van der Waals surface area contributed by atoms with Crippen molar-refractivity contribution in [2.45, 2.75) is 13.8 Å². The van der Waals surface area contributed by atoms with Crippen LogP contribution in [0.5, 0.6) is 0 Å². The summed E-state index contributed by atoms with van der Waals surface area (Å²) in [7, 11) is 0. The second-order valence-electron chi connectivity index (χ2n) is 3.90. The fraction of sp³-hybridized carbons (Fsp3) is 0.818. The summed E-state index contributed by atoms with van der Waals surface area (Å²) in [6.45, 7) is 4.51. The minimum atomic E-state index is -4.97. The van der Waals surface area contributed by atoms with Gasteiger partial charge < -0.3 is 22.4 Å². The maximum atomic E-state index is 12.5. The van der Waals surface area contributed by atoms with Crippen molar-refractivity contribution in [3.05, 3.63) is 12.1 Å². The summed E-state index contributed by atoms with van der Waals surface area (Å²) in [5.41, 5.74) is -0.678.